The summed E-state index contributed by atoms with van der Waals surface area (Å²) in [5, 5.41) is 5.74. The molecule has 1 aromatic carbocycles. The number of nitrogens with one attached hydrogen (secondary N) is 2. The topological polar surface area (TPSA) is 81.8 Å². The van der Waals surface area contributed by atoms with Gasteiger partial charge < -0.3 is 10.2 Å². The number of hydrogen-bond acceptors (Lipinski definition) is 5. The number of carbonyl (C=O) groups excluding carboxylic acids is 3. The molecule has 4 aliphatic heterocycles. The molecule has 0 bridgehead atoms. The van der Waals surface area contributed by atoms with Gasteiger partial charge in [-0.2, -0.15) is 0 Å². The van der Waals surface area contributed by atoms with Gasteiger partial charge in [-0.3, -0.25) is 24.6 Å². The Balaban J connectivity index is 1.22. The van der Waals surface area contributed by atoms with Crippen LogP contribution in [0.4, 0.5) is 0 Å². The van der Waals surface area contributed by atoms with Gasteiger partial charge in [0.2, 0.25) is 11.8 Å². The molecule has 3 amide bonds. The molecule has 7 nitrogen and oxygen atoms in total. The van der Waals surface area contributed by atoms with E-state index in [1.54, 1.807) is 4.90 Å². The van der Waals surface area contributed by atoms with Crippen LogP contribution >= 0.6 is 0 Å². The van der Waals surface area contributed by atoms with Crippen molar-refractivity contribution in [1.29, 1.82) is 0 Å². The molecule has 0 saturated carbocycles. The van der Waals surface area contributed by atoms with Gasteiger partial charge in [0.25, 0.3) is 5.91 Å². The minimum Gasteiger partial charge on any atom is -0.322 e. The lowest BCUT2D eigenvalue weighted by Crippen LogP contribution is -2.52. The summed E-state index contributed by atoms with van der Waals surface area (Å²) in [5.74, 6) is 1.03. The smallest absolute Gasteiger partial charge is 0.255 e. The second-order valence-corrected chi connectivity index (χ2v) is 8.92. The molecule has 2 N–H and O–H groups in total. The van der Waals surface area contributed by atoms with Gasteiger partial charge in [-0.05, 0) is 74.5 Å². The predicted molar refractivity (Wildman–Crippen MR) is 107 cm³/mol. The molecular formula is C22H28N4O3. The van der Waals surface area contributed by atoms with Gasteiger partial charge in [-0.15, -0.1) is 0 Å². The van der Waals surface area contributed by atoms with Crippen LogP contribution in [0.1, 0.15) is 47.2 Å². The minimum absolute atomic E-state index is 0.0902. The third-order valence-electron chi connectivity index (χ3n) is 7.11. The molecule has 1 atom stereocenters. The van der Waals surface area contributed by atoms with E-state index in [0.29, 0.717) is 18.5 Å². The Hall–Kier alpha value is -2.25. The molecule has 0 spiro atoms. The van der Waals surface area contributed by atoms with Gasteiger partial charge in [0, 0.05) is 25.1 Å². The molecule has 4 heterocycles. The van der Waals surface area contributed by atoms with Crippen LogP contribution in [0, 0.1) is 11.8 Å². The zero-order valence-electron chi connectivity index (χ0n) is 16.7. The standard InChI is InChI=1S/C22H28N4O3/c27-20-4-3-19(21(28)24-20)26-13-16-2-1-14(9-18(16)22(26)29)12-25-7-5-15(6-8-25)17-10-23-11-17/h1-2,9,15,17,19,23H,3-8,10-13H2,(H,24,27,28). The van der Waals surface area contributed by atoms with E-state index in [1.165, 1.54) is 25.9 Å². The number of fused-ring (bicyclic) bond motifs is 1. The first-order valence-electron chi connectivity index (χ1n) is 10.8. The van der Waals surface area contributed by atoms with Crippen LogP contribution in [0.3, 0.4) is 0 Å². The average Bonchev–Trinajstić information content (AvgIpc) is 2.98. The van der Waals surface area contributed by atoms with Gasteiger partial charge in [-0.1, -0.05) is 12.1 Å². The number of hydrogen-bond donors (Lipinski definition) is 2. The Morgan fingerprint density at radius 3 is 2.48 bits per heavy atom. The van der Waals surface area contributed by atoms with E-state index >= 15 is 0 Å². The van der Waals surface area contributed by atoms with Crippen LogP contribution in [-0.2, 0) is 22.7 Å². The van der Waals surface area contributed by atoms with E-state index in [-0.39, 0.29) is 24.1 Å². The summed E-state index contributed by atoms with van der Waals surface area (Å²) >= 11 is 0. The lowest BCUT2D eigenvalue weighted by Gasteiger charge is -2.40. The average molecular weight is 396 g/mol. The van der Waals surface area contributed by atoms with Crippen LogP contribution in [0.5, 0.6) is 0 Å². The molecule has 154 valence electrons. The van der Waals surface area contributed by atoms with Crippen molar-refractivity contribution in [3.8, 4) is 0 Å². The highest BCUT2D eigenvalue weighted by molar-refractivity contribution is 6.05. The van der Waals surface area contributed by atoms with Crippen LogP contribution in [0.2, 0.25) is 0 Å². The molecule has 1 unspecified atom stereocenters. The van der Waals surface area contributed by atoms with E-state index in [2.05, 4.69) is 21.6 Å². The van der Waals surface area contributed by atoms with E-state index in [1.807, 2.05) is 12.1 Å². The summed E-state index contributed by atoms with van der Waals surface area (Å²) in [6.45, 7) is 5.92. The first kappa shape index (κ1) is 18.8. The van der Waals surface area contributed by atoms with Crippen LogP contribution in [0.15, 0.2) is 18.2 Å². The van der Waals surface area contributed by atoms with Crippen molar-refractivity contribution in [3.63, 3.8) is 0 Å². The maximum atomic E-state index is 13.0. The van der Waals surface area contributed by atoms with Crippen molar-refractivity contribution in [1.82, 2.24) is 20.4 Å². The quantitative estimate of drug-likeness (QED) is 0.739. The number of rotatable bonds is 4. The number of likely N-dealkylation sites (tertiary alicyclic amines) is 1. The number of nitrogens with zero attached hydrogens (tertiary/aromatic N) is 2. The maximum absolute atomic E-state index is 13.0. The Morgan fingerprint density at radius 1 is 1.00 bits per heavy atom. The zero-order chi connectivity index (χ0) is 20.0. The predicted octanol–water partition coefficient (Wildman–Crippen LogP) is 0.879. The number of carbonyl (C=O) groups is 3. The monoisotopic (exact) mass is 396 g/mol. The number of imide groups is 1. The Kier molecular flexibility index (Phi) is 4.87. The van der Waals surface area contributed by atoms with Gasteiger partial charge >= 0.3 is 0 Å². The summed E-state index contributed by atoms with van der Waals surface area (Å²) in [7, 11) is 0. The molecule has 3 saturated heterocycles. The maximum Gasteiger partial charge on any atom is 0.255 e. The third kappa shape index (κ3) is 3.57. The molecule has 1 aromatic rings. The zero-order valence-corrected chi connectivity index (χ0v) is 16.7. The first-order chi connectivity index (χ1) is 14.1. The Labute approximate surface area is 170 Å². The summed E-state index contributed by atoms with van der Waals surface area (Å²) in [6.07, 6.45) is 3.22. The molecule has 0 aromatic heterocycles. The molecule has 5 rings (SSSR count). The molecule has 0 aliphatic carbocycles. The SMILES string of the molecule is O=C1CCC(N2Cc3ccc(CN4CCC(C5CNC5)CC4)cc3C2=O)C(=O)N1. The van der Waals surface area contributed by atoms with E-state index in [0.717, 1.165) is 42.6 Å². The second kappa shape index (κ2) is 7.54. The van der Waals surface area contributed by atoms with Gasteiger partial charge in [0.1, 0.15) is 6.04 Å². The van der Waals surface area contributed by atoms with Crippen molar-refractivity contribution >= 4 is 17.7 Å². The fourth-order valence-corrected chi connectivity index (χ4v) is 5.19. The highest BCUT2D eigenvalue weighted by Crippen LogP contribution is 2.30. The van der Waals surface area contributed by atoms with Crippen molar-refractivity contribution in [2.75, 3.05) is 26.2 Å². The fraction of sp³-hybridized carbons (Fsp3) is 0.591. The van der Waals surface area contributed by atoms with Gasteiger partial charge in [0.05, 0.1) is 0 Å². The second-order valence-electron chi connectivity index (χ2n) is 8.92. The lowest BCUT2D eigenvalue weighted by atomic mass is 9.81. The number of amides is 3. The van der Waals surface area contributed by atoms with Crippen molar-refractivity contribution in [3.05, 3.63) is 34.9 Å². The third-order valence-corrected chi connectivity index (χ3v) is 7.11. The largest absolute Gasteiger partial charge is 0.322 e. The normalized spacial score (nSPS) is 26.4. The van der Waals surface area contributed by atoms with Gasteiger partial charge in [-0.25, -0.2) is 0 Å². The lowest BCUT2D eigenvalue weighted by molar-refractivity contribution is -0.136. The van der Waals surface area contributed by atoms with Crippen LogP contribution < -0.4 is 10.6 Å². The van der Waals surface area contributed by atoms with Crippen molar-refractivity contribution in [2.45, 2.75) is 44.8 Å². The summed E-state index contributed by atoms with van der Waals surface area (Å²) in [6, 6.07) is 5.60. The van der Waals surface area contributed by atoms with Crippen molar-refractivity contribution in [2.24, 2.45) is 11.8 Å². The minimum atomic E-state index is -0.545. The van der Waals surface area contributed by atoms with Gasteiger partial charge in [0.15, 0.2) is 0 Å². The number of piperidine rings is 2. The van der Waals surface area contributed by atoms with Crippen molar-refractivity contribution < 1.29 is 14.4 Å². The highest BCUT2D eigenvalue weighted by Gasteiger charge is 2.39. The fourth-order valence-electron chi connectivity index (χ4n) is 5.19. The molecular weight excluding hydrogens is 368 g/mol. The first-order valence-corrected chi connectivity index (χ1v) is 10.8. The Bertz CT molecular complexity index is 842. The van der Waals surface area contributed by atoms with E-state index in [4.69, 9.17) is 0 Å². The molecule has 4 aliphatic rings. The summed E-state index contributed by atoms with van der Waals surface area (Å²) in [5.41, 5.74) is 2.84. The van der Waals surface area contributed by atoms with E-state index in [9.17, 15) is 14.4 Å². The molecule has 0 radical (unpaired) electrons. The molecule has 29 heavy (non-hydrogen) atoms. The highest BCUT2D eigenvalue weighted by atomic mass is 16.2. The summed E-state index contributed by atoms with van der Waals surface area (Å²) < 4.78 is 0. The molecule has 7 heteroatoms. The van der Waals surface area contributed by atoms with E-state index < -0.39 is 6.04 Å². The number of benzene rings is 1. The summed E-state index contributed by atoms with van der Waals surface area (Å²) in [4.78, 5) is 40.7. The Morgan fingerprint density at radius 2 is 1.79 bits per heavy atom. The molecule has 3 fully saturated rings. The van der Waals surface area contributed by atoms with Crippen LogP contribution in [0.25, 0.3) is 0 Å². The van der Waals surface area contributed by atoms with Crippen LogP contribution in [-0.4, -0.2) is 59.7 Å².